The van der Waals surface area contributed by atoms with Gasteiger partial charge in [-0.3, -0.25) is 15.6 Å². The van der Waals surface area contributed by atoms with Gasteiger partial charge in [0.05, 0.1) is 5.56 Å². The summed E-state index contributed by atoms with van der Waals surface area (Å²) in [5, 5.41) is 32.0. The maximum absolute atomic E-state index is 12.4. The Bertz CT molecular complexity index is 1440. The second kappa shape index (κ2) is 15.0. The van der Waals surface area contributed by atoms with Crippen molar-refractivity contribution in [3.63, 3.8) is 0 Å². The fraction of sp³-hybridized carbons (Fsp3) is 0.192. The summed E-state index contributed by atoms with van der Waals surface area (Å²) < 4.78 is 65.4. The van der Waals surface area contributed by atoms with Gasteiger partial charge in [-0.05, 0) is 29.2 Å². The molecule has 43 heavy (non-hydrogen) atoms. The van der Waals surface area contributed by atoms with Crippen LogP contribution in [0.25, 0.3) is 0 Å². The molecule has 0 atom stereocenters. The highest BCUT2D eigenvalue weighted by molar-refractivity contribution is 5.96. The van der Waals surface area contributed by atoms with Crippen LogP contribution in [0.2, 0.25) is 0 Å². The molecule has 2 aromatic carbocycles. The summed E-state index contributed by atoms with van der Waals surface area (Å²) >= 11 is 0. The van der Waals surface area contributed by atoms with E-state index in [2.05, 4.69) is 5.32 Å². The summed E-state index contributed by atoms with van der Waals surface area (Å²) in [6.45, 7) is 0.564. The first kappa shape index (κ1) is 35.7. The minimum atomic E-state index is -5.08. The van der Waals surface area contributed by atoms with Crippen molar-refractivity contribution in [2.75, 3.05) is 7.05 Å². The first-order valence-electron chi connectivity index (χ1n) is 11.6. The quantitative estimate of drug-likeness (QED) is 0.120. The molecule has 1 heterocycles. The van der Waals surface area contributed by atoms with Crippen LogP contribution >= 0.6 is 0 Å². The number of aliphatic carboxylic acids is 2. The van der Waals surface area contributed by atoms with E-state index in [1.165, 1.54) is 0 Å². The van der Waals surface area contributed by atoms with Gasteiger partial charge in [-0.1, -0.05) is 42.5 Å². The van der Waals surface area contributed by atoms with Gasteiger partial charge in [0, 0.05) is 37.1 Å². The number of nitrogens with one attached hydrogen (secondary N) is 3. The Labute approximate surface area is 239 Å². The molecular formula is C26H26F6N6O5. The molecule has 0 aliphatic heterocycles. The number of amides is 1. The molecule has 232 valence electrons. The molecule has 0 unspecified atom stereocenters. The zero-order valence-corrected chi connectivity index (χ0v) is 22.2. The van der Waals surface area contributed by atoms with E-state index >= 15 is 0 Å². The summed E-state index contributed by atoms with van der Waals surface area (Å²) in [6, 6.07) is 15.0. The smallest absolute Gasteiger partial charge is 0.475 e. The van der Waals surface area contributed by atoms with Gasteiger partial charge >= 0.3 is 24.3 Å². The lowest BCUT2D eigenvalue weighted by atomic mass is 10.0. The van der Waals surface area contributed by atoms with Crippen molar-refractivity contribution < 1.29 is 50.9 Å². The van der Waals surface area contributed by atoms with Crippen LogP contribution in [0.1, 0.15) is 38.2 Å². The van der Waals surface area contributed by atoms with Gasteiger partial charge in [-0.2, -0.15) is 26.3 Å². The minimum absolute atomic E-state index is 0.0279. The largest absolute Gasteiger partial charge is 0.490 e. The van der Waals surface area contributed by atoms with Gasteiger partial charge in [0.1, 0.15) is 11.7 Å². The molecule has 0 aliphatic carbocycles. The molecule has 11 nitrogen and oxygen atoms in total. The third kappa shape index (κ3) is 12.0. The molecule has 1 amide bonds. The molecule has 0 radical (unpaired) electrons. The van der Waals surface area contributed by atoms with Crippen molar-refractivity contribution in [1.29, 1.82) is 10.8 Å². The maximum atomic E-state index is 12.4. The fourth-order valence-electron chi connectivity index (χ4n) is 3.20. The van der Waals surface area contributed by atoms with Crippen LogP contribution in [0.4, 0.5) is 26.3 Å². The molecular weight excluding hydrogens is 590 g/mol. The molecule has 0 spiro atoms. The number of nitrogens with two attached hydrogens (primary N) is 2. The Balaban J connectivity index is 0.000000548. The number of carbonyl (C=O) groups excluding carboxylic acids is 1. The average molecular weight is 617 g/mol. The SMILES string of the molecule is CNC(=O)c1cn(Cc2cccc(C(=N)N)c2)cc1Cc1ccc(C(=N)N)cc1.O=C(O)C(F)(F)F.O=C(O)C(F)(F)F. The van der Waals surface area contributed by atoms with Crippen LogP contribution in [0.5, 0.6) is 0 Å². The number of hydrogen-bond acceptors (Lipinski definition) is 5. The van der Waals surface area contributed by atoms with Crippen LogP contribution < -0.4 is 16.8 Å². The number of carboxylic acids is 2. The number of nitrogens with zero attached hydrogens (tertiary/aromatic N) is 1. The number of nitrogen functional groups attached to an aromatic ring is 2. The molecule has 0 saturated heterocycles. The van der Waals surface area contributed by atoms with Crippen molar-refractivity contribution in [1.82, 2.24) is 9.88 Å². The van der Waals surface area contributed by atoms with Gasteiger partial charge < -0.3 is 31.6 Å². The van der Waals surface area contributed by atoms with Gasteiger partial charge in [-0.15, -0.1) is 0 Å². The number of hydrogen-bond donors (Lipinski definition) is 7. The van der Waals surface area contributed by atoms with Gasteiger partial charge in [-0.25, -0.2) is 9.59 Å². The molecule has 0 bridgehead atoms. The number of halogens is 6. The van der Waals surface area contributed by atoms with Crippen LogP contribution in [0.15, 0.2) is 60.9 Å². The first-order valence-corrected chi connectivity index (χ1v) is 11.6. The van der Waals surface area contributed by atoms with Crippen molar-refractivity contribution in [3.05, 3.63) is 94.3 Å². The van der Waals surface area contributed by atoms with Crippen molar-refractivity contribution >= 4 is 29.5 Å². The Hall–Kier alpha value is -5.35. The summed E-state index contributed by atoms with van der Waals surface area (Å²) in [4.78, 5) is 30.2. The van der Waals surface area contributed by atoms with E-state index < -0.39 is 24.3 Å². The van der Waals surface area contributed by atoms with Gasteiger partial charge in [0.25, 0.3) is 5.91 Å². The zero-order valence-electron chi connectivity index (χ0n) is 22.2. The monoisotopic (exact) mass is 616 g/mol. The molecule has 3 aromatic rings. The number of alkyl halides is 6. The second-order valence-electron chi connectivity index (χ2n) is 8.46. The van der Waals surface area contributed by atoms with E-state index in [-0.39, 0.29) is 17.6 Å². The Morgan fingerprint density at radius 3 is 1.72 bits per heavy atom. The number of benzene rings is 2. The second-order valence-corrected chi connectivity index (χ2v) is 8.46. The van der Waals surface area contributed by atoms with Crippen molar-refractivity contribution in [3.8, 4) is 0 Å². The van der Waals surface area contributed by atoms with E-state index in [4.69, 9.17) is 42.1 Å². The molecule has 3 rings (SSSR count). The predicted octanol–water partition coefficient (Wildman–Crippen LogP) is 3.32. The average Bonchev–Trinajstić information content (AvgIpc) is 3.30. The number of rotatable bonds is 7. The number of carboxylic acid groups (broad SMARTS) is 2. The Kier molecular flexibility index (Phi) is 12.5. The minimum Gasteiger partial charge on any atom is -0.475 e. The number of aromatic nitrogens is 1. The van der Waals surface area contributed by atoms with Gasteiger partial charge in [0.15, 0.2) is 0 Å². The number of carbonyl (C=O) groups is 3. The van der Waals surface area contributed by atoms with Gasteiger partial charge in [0.2, 0.25) is 0 Å². The van der Waals surface area contributed by atoms with Crippen molar-refractivity contribution in [2.45, 2.75) is 25.3 Å². The van der Waals surface area contributed by atoms with E-state index in [1.54, 1.807) is 13.1 Å². The molecule has 1 aromatic heterocycles. The topological polar surface area (TPSA) is 208 Å². The lowest BCUT2D eigenvalue weighted by Crippen LogP contribution is -2.21. The van der Waals surface area contributed by atoms with Crippen LogP contribution in [-0.4, -0.2) is 63.7 Å². The molecule has 9 N–H and O–H groups in total. The third-order valence-corrected chi connectivity index (χ3v) is 5.18. The first-order chi connectivity index (χ1) is 19.8. The highest BCUT2D eigenvalue weighted by Gasteiger charge is 2.38. The Morgan fingerprint density at radius 1 is 0.814 bits per heavy atom. The normalized spacial score (nSPS) is 10.8. The lowest BCUT2D eigenvalue weighted by molar-refractivity contribution is -0.193. The van der Waals surface area contributed by atoms with Crippen LogP contribution in [-0.2, 0) is 22.6 Å². The van der Waals surface area contributed by atoms with E-state index in [9.17, 15) is 31.1 Å². The predicted molar refractivity (Wildman–Crippen MR) is 142 cm³/mol. The van der Waals surface area contributed by atoms with E-state index in [0.29, 0.717) is 29.7 Å². The molecule has 0 fully saturated rings. The number of amidine groups is 2. The zero-order chi connectivity index (χ0) is 33.1. The van der Waals surface area contributed by atoms with E-state index in [0.717, 1.165) is 16.7 Å². The fourth-order valence-corrected chi connectivity index (χ4v) is 3.20. The lowest BCUT2D eigenvalue weighted by Gasteiger charge is -2.06. The van der Waals surface area contributed by atoms with E-state index in [1.807, 2.05) is 59.4 Å². The maximum Gasteiger partial charge on any atom is 0.490 e. The summed E-state index contributed by atoms with van der Waals surface area (Å²) in [7, 11) is 1.61. The molecule has 17 heteroatoms. The van der Waals surface area contributed by atoms with Crippen LogP contribution in [0.3, 0.4) is 0 Å². The summed E-state index contributed by atoms with van der Waals surface area (Å²) in [5.41, 5.74) is 16.0. The summed E-state index contributed by atoms with van der Waals surface area (Å²) in [5.74, 6) is -5.60. The molecule has 0 saturated carbocycles. The Morgan fingerprint density at radius 2 is 1.30 bits per heavy atom. The molecule has 0 aliphatic rings. The summed E-state index contributed by atoms with van der Waals surface area (Å²) in [6.07, 6.45) is -5.79. The van der Waals surface area contributed by atoms with Crippen molar-refractivity contribution in [2.24, 2.45) is 11.5 Å². The highest BCUT2D eigenvalue weighted by Crippen LogP contribution is 2.19. The van der Waals surface area contributed by atoms with Crippen LogP contribution in [0, 0.1) is 10.8 Å². The highest BCUT2D eigenvalue weighted by atomic mass is 19.4. The third-order valence-electron chi connectivity index (χ3n) is 5.18. The standard InChI is InChI=1S/C22H24N6O.2C2HF3O2/c1-27-22(29)19-13-28(11-15-3-2-4-17(10-15)21(25)26)12-18(19)9-14-5-7-16(8-6-14)20(23)24;2*3-2(4,5)1(6)7/h2-8,10,12-13H,9,11H2,1H3,(H3,23,24)(H3,25,26)(H,27,29);2*(H,6,7).